The number of likely N-dealkylation sites (tertiary alicyclic amines) is 1. The van der Waals surface area contributed by atoms with E-state index in [1.54, 1.807) is 6.07 Å². The molecule has 1 amide bonds. The number of carbonyl (C=O) groups excluding carboxylic acids is 1. The molecular formula is C19H25FN2O2. The van der Waals surface area contributed by atoms with E-state index >= 15 is 0 Å². The van der Waals surface area contributed by atoms with Gasteiger partial charge < -0.3 is 14.6 Å². The fourth-order valence-corrected chi connectivity index (χ4v) is 3.40. The molecular weight excluding hydrogens is 307 g/mol. The minimum atomic E-state index is -0.251. The van der Waals surface area contributed by atoms with Crippen LogP contribution in [0, 0.1) is 17.7 Å². The Kier molecular flexibility index (Phi) is 4.90. The van der Waals surface area contributed by atoms with E-state index in [1.165, 1.54) is 12.1 Å². The standard InChI is InChI=1S/C19H25FN2O2/c1-12(2)19(23)22-7-6-17(13(3)11-22)21-10-16-9-14-8-15(20)4-5-18(14)24-16/h4-5,8-9,12-13,17,21H,6-7,10-11H2,1-3H3/t13-,17+/m1/s1. The van der Waals surface area contributed by atoms with E-state index in [0.717, 1.165) is 30.7 Å². The first-order chi connectivity index (χ1) is 11.4. The van der Waals surface area contributed by atoms with Gasteiger partial charge in [-0.3, -0.25) is 4.79 Å². The summed E-state index contributed by atoms with van der Waals surface area (Å²) in [5.74, 6) is 1.24. The second-order valence-electron chi connectivity index (χ2n) is 7.09. The van der Waals surface area contributed by atoms with E-state index in [0.29, 0.717) is 24.1 Å². The molecule has 0 radical (unpaired) electrons. The van der Waals surface area contributed by atoms with Crippen molar-refractivity contribution in [2.24, 2.45) is 11.8 Å². The highest BCUT2D eigenvalue weighted by Crippen LogP contribution is 2.22. The molecule has 1 aromatic carbocycles. The van der Waals surface area contributed by atoms with E-state index in [9.17, 15) is 9.18 Å². The van der Waals surface area contributed by atoms with Gasteiger partial charge in [-0.2, -0.15) is 0 Å². The fraction of sp³-hybridized carbons (Fsp3) is 0.526. The first-order valence-corrected chi connectivity index (χ1v) is 8.64. The number of furan rings is 1. The molecule has 1 aromatic heterocycles. The number of hydrogen-bond acceptors (Lipinski definition) is 3. The molecule has 1 aliphatic rings. The van der Waals surface area contributed by atoms with Gasteiger partial charge in [0.15, 0.2) is 0 Å². The van der Waals surface area contributed by atoms with Crippen molar-refractivity contribution in [3.05, 3.63) is 35.8 Å². The van der Waals surface area contributed by atoms with Crippen molar-refractivity contribution in [1.29, 1.82) is 0 Å². The number of rotatable bonds is 4. The Morgan fingerprint density at radius 2 is 2.21 bits per heavy atom. The third kappa shape index (κ3) is 3.61. The van der Waals surface area contributed by atoms with E-state index < -0.39 is 0 Å². The Labute approximate surface area is 142 Å². The minimum Gasteiger partial charge on any atom is -0.460 e. The number of fused-ring (bicyclic) bond motifs is 1. The molecule has 1 aliphatic heterocycles. The second kappa shape index (κ2) is 6.93. The zero-order chi connectivity index (χ0) is 17.3. The van der Waals surface area contributed by atoms with Gasteiger partial charge in [-0.15, -0.1) is 0 Å². The lowest BCUT2D eigenvalue weighted by Crippen LogP contribution is -2.50. The summed E-state index contributed by atoms with van der Waals surface area (Å²) in [5, 5.41) is 4.32. The summed E-state index contributed by atoms with van der Waals surface area (Å²) in [5.41, 5.74) is 0.707. The number of halogens is 1. The first kappa shape index (κ1) is 17.0. The largest absolute Gasteiger partial charge is 0.460 e. The zero-order valence-corrected chi connectivity index (χ0v) is 14.5. The maximum atomic E-state index is 13.2. The molecule has 0 bridgehead atoms. The fourth-order valence-electron chi connectivity index (χ4n) is 3.40. The van der Waals surface area contributed by atoms with E-state index in [1.807, 2.05) is 24.8 Å². The molecule has 4 nitrogen and oxygen atoms in total. The number of hydrogen-bond donors (Lipinski definition) is 1. The number of piperidine rings is 1. The summed E-state index contributed by atoms with van der Waals surface area (Å²) in [4.78, 5) is 14.1. The Morgan fingerprint density at radius 1 is 1.42 bits per heavy atom. The van der Waals surface area contributed by atoms with Crippen LogP contribution in [-0.4, -0.2) is 29.9 Å². The maximum Gasteiger partial charge on any atom is 0.225 e. The highest BCUT2D eigenvalue weighted by atomic mass is 19.1. The van der Waals surface area contributed by atoms with Crippen LogP contribution in [0.3, 0.4) is 0 Å². The Balaban J connectivity index is 1.57. The summed E-state index contributed by atoms with van der Waals surface area (Å²) in [6.45, 7) is 8.27. The predicted octanol–water partition coefficient (Wildman–Crippen LogP) is 3.55. The minimum absolute atomic E-state index is 0.0534. The SMILES string of the molecule is CC(C)C(=O)N1CC[C@H](NCc2cc3cc(F)ccc3o2)[C@H](C)C1. The van der Waals surface area contributed by atoms with Gasteiger partial charge in [0.05, 0.1) is 6.54 Å². The van der Waals surface area contributed by atoms with Crippen molar-refractivity contribution in [2.75, 3.05) is 13.1 Å². The van der Waals surface area contributed by atoms with Crippen molar-refractivity contribution >= 4 is 16.9 Å². The molecule has 0 spiro atoms. The van der Waals surface area contributed by atoms with Gasteiger partial charge >= 0.3 is 0 Å². The Hall–Kier alpha value is -1.88. The van der Waals surface area contributed by atoms with E-state index in [-0.39, 0.29) is 17.6 Å². The Morgan fingerprint density at radius 3 is 2.92 bits per heavy atom. The van der Waals surface area contributed by atoms with Gasteiger partial charge in [0.1, 0.15) is 17.2 Å². The molecule has 24 heavy (non-hydrogen) atoms. The molecule has 1 saturated heterocycles. The molecule has 0 saturated carbocycles. The lowest BCUT2D eigenvalue weighted by molar-refractivity contribution is -0.136. The zero-order valence-electron chi connectivity index (χ0n) is 14.5. The summed E-state index contributed by atoms with van der Waals surface area (Å²) in [7, 11) is 0. The molecule has 2 aromatic rings. The van der Waals surface area contributed by atoms with Crippen molar-refractivity contribution in [3.63, 3.8) is 0 Å². The molecule has 2 atom stereocenters. The van der Waals surface area contributed by atoms with Crippen LogP contribution in [0.5, 0.6) is 0 Å². The van der Waals surface area contributed by atoms with Crippen molar-refractivity contribution in [3.8, 4) is 0 Å². The van der Waals surface area contributed by atoms with Gasteiger partial charge in [0, 0.05) is 30.4 Å². The highest BCUT2D eigenvalue weighted by Gasteiger charge is 2.29. The van der Waals surface area contributed by atoms with Gasteiger partial charge in [-0.05, 0) is 36.6 Å². The maximum absolute atomic E-state index is 13.2. The predicted molar refractivity (Wildman–Crippen MR) is 92.0 cm³/mol. The number of nitrogens with one attached hydrogen (secondary N) is 1. The van der Waals surface area contributed by atoms with Crippen LogP contribution in [0.25, 0.3) is 11.0 Å². The van der Waals surface area contributed by atoms with Crippen LogP contribution in [0.2, 0.25) is 0 Å². The van der Waals surface area contributed by atoms with Gasteiger partial charge in [-0.1, -0.05) is 20.8 Å². The van der Waals surface area contributed by atoms with Crippen molar-refractivity contribution in [1.82, 2.24) is 10.2 Å². The summed E-state index contributed by atoms with van der Waals surface area (Å²) in [6.07, 6.45) is 0.939. The molecule has 1 N–H and O–H groups in total. The molecule has 130 valence electrons. The first-order valence-electron chi connectivity index (χ1n) is 8.64. The topological polar surface area (TPSA) is 45.5 Å². The number of benzene rings is 1. The molecule has 0 aliphatic carbocycles. The smallest absolute Gasteiger partial charge is 0.225 e. The highest BCUT2D eigenvalue weighted by molar-refractivity contribution is 5.78. The number of nitrogens with zero attached hydrogens (tertiary/aromatic N) is 1. The second-order valence-corrected chi connectivity index (χ2v) is 7.09. The van der Waals surface area contributed by atoms with Gasteiger partial charge in [0.25, 0.3) is 0 Å². The molecule has 5 heteroatoms. The van der Waals surface area contributed by atoms with Crippen LogP contribution in [-0.2, 0) is 11.3 Å². The van der Waals surface area contributed by atoms with Crippen LogP contribution >= 0.6 is 0 Å². The molecule has 0 unspecified atom stereocenters. The van der Waals surface area contributed by atoms with Crippen LogP contribution in [0.15, 0.2) is 28.7 Å². The van der Waals surface area contributed by atoms with E-state index in [4.69, 9.17) is 4.42 Å². The van der Waals surface area contributed by atoms with Crippen molar-refractivity contribution in [2.45, 2.75) is 39.8 Å². The lowest BCUT2D eigenvalue weighted by atomic mass is 9.93. The molecule has 2 heterocycles. The quantitative estimate of drug-likeness (QED) is 0.931. The monoisotopic (exact) mass is 332 g/mol. The summed E-state index contributed by atoms with van der Waals surface area (Å²) >= 11 is 0. The van der Waals surface area contributed by atoms with Crippen LogP contribution < -0.4 is 5.32 Å². The third-order valence-electron chi connectivity index (χ3n) is 4.78. The normalized spacial score (nSPS) is 21.6. The van der Waals surface area contributed by atoms with Crippen LogP contribution in [0.4, 0.5) is 4.39 Å². The molecule has 1 fully saturated rings. The Bertz CT molecular complexity index is 725. The third-order valence-corrected chi connectivity index (χ3v) is 4.78. The average Bonchev–Trinajstić information content (AvgIpc) is 2.94. The lowest BCUT2D eigenvalue weighted by Gasteiger charge is -2.38. The average molecular weight is 332 g/mol. The summed E-state index contributed by atoms with van der Waals surface area (Å²) < 4.78 is 19.0. The van der Waals surface area contributed by atoms with Gasteiger partial charge in [0.2, 0.25) is 5.91 Å². The van der Waals surface area contributed by atoms with Crippen molar-refractivity contribution < 1.29 is 13.6 Å². The van der Waals surface area contributed by atoms with Crippen LogP contribution in [0.1, 0.15) is 33.0 Å². The number of carbonyl (C=O) groups is 1. The number of amides is 1. The van der Waals surface area contributed by atoms with Gasteiger partial charge in [-0.25, -0.2) is 4.39 Å². The summed E-state index contributed by atoms with van der Waals surface area (Å²) in [6, 6.07) is 6.79. The molecule has 3 rings (SSSR count). The van der Waals surface area contributed by atoms with E-state index in [2.05, 4.69) is 12.2 Å².